The van der Waals surface area contributed by atoms with Gasteiger partial charge in [-0.2, -0.15) is 13.2 Å². The number of halogens is 3. The van der Waals surface area contributed by atoms with E-state index >= 15 is 0 Å². The number of anilines is 1. The molecule has 0 aliphatic heterocycles. The van der Waals surface area contributed by atoms with Gasteiger partial charge < -0.3 is 5.32 Å². The summed E-state index contributed by atoms with van der Waals surface area (Å²) in [6, 6.07) is 36.4. The van der Waals surface area contributed by atoms with Crippen LogP contribution in [-0.2, 0) is 6.18 Å². The third kappa shape index (κ3) is 6.79. The second-order valence-electron chi connectivity index (χ2n) is 10.1. The van der Waals surface area contributed by atoms with Gasteiger partial charge in [-0.1, -0.05) is 84.6 Å². The predicted octanol–water partition coefficient (Wildman–Crippen LogP) is 9.61. The molecule has 0 saturated carbocycles. The van der Waals surface area contributed by atoms with E-state index in [1.165, 1.54) is 6.07 Å². The van der Waals surface area contributed by atoms with E-state index in [1.807, 2.05) is 97.9 Å². The lowest BCUT2D eigenvalue weighted by atomic mass is 10.00. The van der Waals surface area contributed by atoms with Crippen LogP contribution in [0.4, 0.5) is 19.1 Å². The molecule has 0 unspecified atom stereocenters. The average molecular weight is 606 g/mol. The Morgan fingerprint density at radius 3 is 2.11 bits per heavy atom. The van der Waals surface area contributed by atoms with Crippen molar-refractivity contribution in [2.45, 2.75) is 28.9 Å². The summed E-state index contributed by atoms with van der Waals surface area (Å²) in [5.74, 6) is 0.384. The van der Waals surface area contributed by atoms with Crippen molar-refractivity contribution in [1.82, 2.24) is 20.2 Å². The van der Waals surface area contributed by atoms with Crippen molar-refractivity contribution in [1.29, 1.82) is 0 Å². The number of benzene rings is 4. The molecular weight excluding hydrogens is 579 g/mol. The van der Waals surface area contributed by atoms with E-state index in [9.17, 15) is 13.2 Å². The zero-order valence-electron chi connectivity index (χ0n) is 23.5. The highest BCUT2D eigenvalue weighted by Gasteiger charge is 2.31. The van der Waals surface area contributed by atoms with E-state index in [2.05, 4.69) is 20.5 Å². The van der Waals surface area contributed by atoms with Crippen molar-refractivity contribution in [2.75, 3.05) is 5.32 Å². The molecular formula is C35H26F3N5S. The number of aromatic nitrogens is 4. The first-order chi connectivity index (χ1) is 21.3. The number of nitrogens with zero attached hydrogens (tertiary/aromatic N) is 4. The first-order valence-electron chi connectivity index (χ1n) is 13.9. The van der Waals surface area contributed by atoms with Crippen LogP contribution >= 0.6 is 11.8 Å². The summed E-state index contributed by atoms with van der Waals surface area (Å²) in [4.78, 5) is 11.3. The zero-order valence-corrected chi connectivity index (χ0v) is 24.3. The molecule has 0 spiro atoms. The highest BCUT2D eigenvalue weighted by atomic mass is 32.2. The monoisotopic (exact) mass is 605 g/mol. The molecule has 0 bridgehead atoms. The molecule has 4 aromatic carbocycles. The molecule has 6 rings (SSSR count). The van der Waals surface area contributed by atoms with Crippen LogP contribution in [0.25, 0.3) is 33.8 Å². The lowest BCUT2D eigenvalue weighted by Crippen LogP contribution is -2.09. The molecule has 9 heteroatoms. The molecule has 2 heterocycles. The first kappa shape index (κ1) is 29.1. The van der Waals surface area contributed by atoms with Gasteiger partial charge in [-0.25, -0.2) is 9.97 Å². The average Bonchev–Trinajstić information content (AvgIpc) is 3.05. The van der Waals surface area contributed by atoms with Gasteiger partial charge in [0.05, 0.1) is 23.0 Å². The van der Waals surface area contributed by atoms with Crippen molar-refractivity contribution >= 4 is 17.7 Å². The van der Waals surface area contributed by atoms with E-state index in [0.717, 1.165) is 33.1 Å². The van der Waals surface area contributed by atoms with Gasteiger partial charge in [0, 0.05) is 32.7 Å². The minimum absolute atomic E-state index is 0.0761. The standard InChI is InChI=1S/C35H26F3N5S/c1-23(24-9-4-2-5-10-24)40-34-39-20-19-31(41-34)30-22-32(25-15-17-29(18-16-25)44-28-13-6-3-7-14-28)42-43-33(30)26-11-8-12-27(21-26)35(36,37)38/h2-23H,1H3,(H,39,40,41)/t23-/m0/s1. The first-order valence-corrected chi connectivity index (χ1v) is 14.7. The van der Waals surface area contributed by atoms with Gasteiger partial charge in [0.25, 0.3) is 0 Å². The minimum Gasteiger partial charge on any atom is -0.348 e. The number of rotatable bonds is 8. The van der Waals surface area contributed by atoms with Gasteiger partial charge in [0.1, 0.15) is 5.69 Å². The quantitative estimate of drug-likeness (QED) is 0.186. The number of nitrogens with one attached hydrogen (secondary N) is 1. The Morgan fingerprint density at radius 2 is 1.39 bits per heavy atom. The number of alkyl halides is 3. The fourth-order valence-electron chi connectivity index (χ4n) is 4.70. The van der Waals surface area contributed by atoms with Crippen molar-refractivity contribution in [3.8, 4) is 33.8 Å². The fourth-order valence-corrected chi connectivity index (χ4v) is 5.54. The van der Waals surface area contributed by atoms with Gasteiger partial charge >= 0.3 is 6.18 Å². The van der Waals surface area contributed by atoms with E-state index in [1.54, 1.807) is 30.1 Å². The Labute approximate surface area is 257 Å². The molecule has 1 N–H and O–H groups in total. The second-order valence-corrected chi connectivity index (χ2v) is 11.2. The highest BCUT2D eigenvalue weighted by Crippen LogP contribution is 2.37. The third-order valence-electron chi connectivity index (χ3n) is 6.96. The second kappa shape index (κ2) is 12.7. The summed E-state index contributed by atoms with van der Waals surface area (Å²) in [6.45, 7) is 2.01. The molecule has 218 valence electrons. The Hall–Kier alpha value is -5.02. The van der Waals surface area contributed by atoms with E-state index in [4.69, 9.17) is 4.98 Å². The lowest BCUT2D eigenvalue weighted by Gasteiger charge is -2.16. The number of hydrogen-bond acceptors (Lipinski definition) is 6. The predicted molar refractivity (Wildman–Crippen MR) is 168 cm³/mol. The largest absolute Gasteiger partial charge is 0.416 e. The molecule has 0 fully saturated rings. The Balaban J connectivity index is 1.38. The molecule has 1 atom stereocenters. The van der Waals surface area contributed by atoms with Crippen LogP contribution in [0, 0.1) is 0 Å². The van der Waals surface area contributed by atoms with Crippen molar-refractivity contribution in [3.63, 3.8) is 0 Å². The summed E-state index contributed by atoms with van der Waals surface area (Å²) in [5, 5.41) is 12.2. The van der Waals surface area contributed by atoms with Crippen LogP contribution in [0.15, 0.2) is 137 Å². The van der Waals surface area contributed by atoms with Crippen molar-refractivity contribution in [2.24, 2.45) is 0 Å². The molecule has 5 nitrogen and oxygen atoms in total. The van der Waals surface area contributed by atoms with E-state index in [-0.39, 0.29) is 17.3 Å². The van der Waals surface area contributed by atoms with Gasteiger partial charge in [0.2, 0.25) is 5.95 Å². The van der Waals surface area contributed by atoms with Gasteiger partial charge in [-0.3, -0.25) is 0 Å². The highest BCUT2D eigenvalue weighted by molar-refractivity contribution is 7.99. The van der Waals surface area contributed by atoms with Crippen LogP contribution in [-0.4, -0.2) is 20.2 Å². The summed E-state index contributed by atoms with van der Waals surface area (Å²) in [7, 11) is 0. The smallest absolute Gasteiger partial charge is 0.348 e. The van der Waals surface area contributed by atoms with Crippen LogP contribution < -0.4 is 5.32 Å². The molecule has 0 radical (unpaired) electrons. The molecule has 0 aliphatic rings. The lowest BCUT2D eigenvalue weighted by molar-refractivity contribution is -0.137. The molecule has 0 aliphatic carbocycles. The van der Waals surface area contributed by atoms with Crippen LogP contribution in [0.3, 0.4) is 0 Å². The Bertz CT molecular complexity index is 1860. The summed E-state index contributed by atoms with van der Waals surface area (Å²) < 4.78 is 40.8. The maximum atomic E-state index is 13.6. The van der Waals surface area contributed by atoms with Crippen LogP contribution in [0.1, 0.15) is 24.1 Å². The molecule has 6 aromatic rings. The Kier molecular flexibility index (Phi) is 8.38. The van der Waals surface area contributed by atoms with Gasteiger partial charge in [-0.05, 0) is 61.0 Å². The fraction of sp³-hybridized carbons (Fsp3) is 0.0857. The number of hydrogen-bond donors (Lipinski definition) is 1. The van der Waals surface area contributed by atoms with Gasteiger partial charge in [0.15, 0.2) is 0 Å². The molecule has 2 aromatic heterocycles. The molecule has 0 saturated heterocycles. The zero-order chi connectivity index (χ0) is 30.5. The summed E-state index contributed by atoms with van der Waals surface area (Å²) >= 11 is 1.65. The maximum Gasteiger partial charge on any atom is 0.416 e. The normalized spacial score (nSPS) is 12.1. The van der Waals surface area contributed by atoms with E-state index < -0.39 is 11.7 Å². The molecule has 0 amide bonds. The van der Waals surface area contributed by atoms with E-state index in [0.29, 0.717) is 22.9 Å². The summed E-state index contributed by atoms with van der Waals surface area (Å²) in [5.41, 5.74) is 3.30. The van der Waals surface area contributed by atoms with Crippen LogP contribution in [0.2, 0.25) is 0 Å². The summed E-state index contributed by atoms with van der Waals surface area (Å²) in [6.07, 6.45) is -2.88. The van der Waals surface area contributed by atoms with Crippen molar-refractivity contribution in [3.05, 3.63) is 139 Å². The van der Waals surface area contributed by atoms with Crippen LogP contribution in [0.5, 0.6) is 0 Å². The Morgan fingerprint density at radius 1 is 0.682 bits per heavy atom. The van der Waals surface area contributed by atoms with Crippen molar-refractivity contribution < 1.29 is 13.2 Å². The SMILES string of the molecule is C[C@H](Nc1nccc(-c2cc(-c3ccc(Sc4ccccc4)cc3)nnc2-c2cccc(C(F)(F)F)c2)n1)c1ccccc1. The van der Waals surface area contributed by atoms with Gasteiger partial charge in [-0.15, -0.1) is 10.2 Å². The third-order valence-corrected chi connectivity index (χ3v) is 7.98. The molecule has 44 heavy (non-hydrogen) atoms. The minimum atomic E-state index is -4.50. The maximum absolute atomic E-state index is 13.6. The topological polar surface area (TPSA) is 63.6 Å².